The molecule has 0 spiro atoms. The van der Waals surface area contributed by atoms with E-state index in [1.165, 1.54) is 0 Å². The fourth-order valence-electron chi connectivity index (χ4n) is 0.815. The van der Waals surface area contributed by atoms with E-state index in [1.54, 1.807) is 0 Å². The predicted molar refractivity (Wildman–Crippen MR) is 47.1 cm³/mol. The molecule has 0 bridgehead atoms. The van der Waals surface area contributed by atoms with Crippen LogP contribution in [0.2, 0.25) is 0 Å². The molecule has 1 N–H and O–H groups in total. The Morgan fingerprint density at radius 1 is 1.45 bits per heavy atom. The fraction of sp³-hybridized carbons (Fsp3) is 0.778. The van der Waals surface area contributed by atoms with E-state index < -0.39 is 0 Å². The maximum Gasteiger partial charge on any atom is 0.219 e. The molecular weight excluding hydrogens is 138 g/mol. The van der Waals surface area contributed by atoms with Gasteiger partial charge in [-0.1, -0.05) is 26.7 Å². The number of hydrogen-bond donors (Lipinski definition) is 1. The summed E-state index contributed by atoms with van der Waals surface area (Å²) in [5.74, 6) is 0.181. The van der Waals surface area contributed by atoms with Gasteiger partial charge < -0.3 is 5.32 Å². The third kappa shape index (κ3) is 7.37. The molecule has 1 amide bonds. The van der Waals surface area contributed by atoms with Gasteiger partial charge in [-0.25, -0.2) is 0 Å². The van der Waals surface area contributed by atoms with E-state index >= 15 is 0 Å². The Kier molecular flexibility index (Phi) is 7.21. The summed E-state index contributed by atoms with van der Waals surface area (Å²) in [6.07, 6.45) is 4.64. The highest BCUT2D eigenvalue weighted by molar-refractivity contribution is 5.75. The minimum atomic E-state index is 0.181. The summed E-state index contributed by atoms with van der Waals surface area (Å²) >= 11 is 0. The Bertz CT molecular complexity index is 102. The largest absolute Gasteiger partial charge is 0.356 e. The summed E-state index contributed by atoms with van der Waals surface area (Å²) in [4.78, 5) is 10.9. The zero-order chi connectivity index (χ0) is 8.53. The summed E-state index contributed by atoms with van der Waals surface area (Å²) < 4.78 is 0. The molecule has 0 unspecified atom stereocenters. The first-order valence-electron chi connectivity index (χ1n) is 4.37. The van der Waals surface area contributed by atoms with Crippen molar-refractivity contribution >= 4 is 5.91 Å². The summed E-state index contributed by atoms with van der Waals surface area (Å²) in [5, 5.41) is 2.83. The van der Waals surface area contributed by atoms with Crippen molar-refractivity contribution in [3.63, 3.8) is 0 Å². The highest BCUT2D eigenvalue weighted by Gasteiger charge is 1.97. The number of carbonyl (C=O) groups is 1. The SMILES string of the molecule is [CH2]CCCCC(=O)NCCC. The number of nitrogens with one attached hydrogen (secondary N) is 1. The molecule has 0 fully saturated rings. The van der Waals surface area contributed by atoms with Gasteiger partial charge in [-0.3, -0.25) is 4.79 Å². The lowest BCUT2D eigenvalue weighted by Gasteiger charge is -2.01. The van der Waals surface area contributed by atoms with Gasteiger partial charge in [0.2, 0.25) is 5.91 Å². The summed E-state index contributed by atoms with van der Waals surface area (Å²) in [6.45, 7) is 6.57. The van der Waals surface area contributed by atoms with Gasteiger partial charge in [0.1, 0.15) is 0 Å². The molecule has 0 aromatic heterocycles. The molecule has 0 saturated heterocycles. The molecule has 0 rings (SSSR count). The second kappa shape index (κ2) is 7.58. The Morgan fingerprint density at radius 3 is 2.73 bits per heavy atom. The van der Waals surface area contributed by atoms with Crippen molar-refractivity contribution in [1.29, 1.82) is 0 Å². The Balaban J connectivity index is 3.09. The smallest absolute Gasteiger partial charge is 0.219 e. The topological polar surface area (TPSA) is 29.1 Å². The van der Waals surface area contributed by atoms with Crippen LogP contribution in [-0.2, 0) is 4.79 Å². The number of amides is 1. The highest BCUT2D eigenvalue weighted by atomic mass is 16.1. The van der Waals surface area contributed by atoms with Gasteiger partial charge in [-0.2, -0.15) is 0 Å². The molecule has 65 valence electrons. The quantitative estimate of drug-likeness (QED) is 0.585. The van der Waals surface area contributed by atoms with Crippen LogP contribution in [-0.4, -0.2) is 12.5 Å². The van der Waals surface area contributed by atoms with E-state index in [0.717, 1.165) is 32.2 Å². The Labute approximate surface area is 69.4 Å². The first-order chi connectivity index (χ1) is 5.31. The molecule has 2 heteroatoms. The van der Waals surface area contributed by atoms with Crippen LogP contribution in [0.5, 0.6) is 0 Å². The van der Waals surface area contributed by atoms with Gasteiger partial charge in [0.15, 0.2) is 0 Å². The highest BCUT2D eigenvalue weighted by Crippen LogP contribution is 1.97. The van der Waals surface area contributed by atoms with Crippen LogP contribution in [0.1, 0.15) is 39.0 Å². The van der Waals surface area contributed by atoms with Crippen molar-refractivity contribution in [3.05, 3.63) is 6.92 Å². The number of carbonyl (C=O) groups excluding carboxylic acids is 1. The normalized spacial score (nSPS) is 9.64. The maximum absolute atomic E-state index is 10.9. The van der Waals surface area contributed by atoms with Gasteiger partial charge in [0.25, 0.3) is 0 Å². The van der Waals surface area contributed by atoms with E-state index in [1.807, 2.05) is 0 Å². The molecule has 0 saturated carbocycles. The molecule has 0 aliphatic heterocycles. The van der Waals surface area contributed by atoms with E-state index in [4.69, 9.17) is 0 Å². The average Bonchev–Trinajstić information content (AvgIpc) is 2.01. The first-order valence-corrected chi connectivity index (χ1v) is 4.37. The molecule has 0 aromatic carbocycles. The van der Waals surface area contributed by atoms with Crippen LogP contribution in [0.25, 0.3) is 0 Å². The number of hydrogen-bond acceptors (Lipinski definition) is 1. The average molecular weight is 156 g/mol. The zero-order valence-corrected chi connectivity index (χ0v) is 7.36. The lowest BCUT2D eigenvalue weighted by Crippen LogP contribution is -2.23. The van der Waals surface area contributed by atoms with Gasteiger partial charge in [-0.15, -0.1) is 0 Å². The van der Waals surface area contributed by atoms with Crippen LogP contribution < -0.4 is 5.32 Å². The molecule has 0 aromatic rings. The molecule has 0 heterocycles. The molecule has 1 radical (unpaired) electrons. The van der Waals surface area contributed by atoms with Crippen molar-refractivity contribution in [2.24, 2.45) is 0 Å². The standard InChI is InChI=1S/C9H18NO/c1-3-5-6-7-9(11)10-8-4-2/h1,3-8H2,2H3,(H,10,11). The lowest BCUT2D eigenvalue weighted by molar-refractivity contribution is -0.121. The number of rotatable bonds is 6. The van der Waals surface area contributed by atoms with Crippen molar-refractivity contribution < 1.29 is 4.79 Å². The van der Waals surface area contributed by atoms with E-state index in [9.17, 15) is 4.79 Å². The molecule has 2 nitrogen and oxygen atoms in total. The monoisotopic (exact) mass is 156 g/mol. The summed E-state index contributed by atoms with van der Waals surface area (Å²) in [6, 6.07) is 0. The molecular formula is C9H18NO. The molecule has 0 aliphatic rings. The second-order valence-corrected chi connectivity index (χ2v) is 2.66. The Hall–Kier alpha value is -0.530. The van der Waals surface area contributed by atoms with Crippen molar-refractivity contribution in [2.75, 3.05) is 6.54 Å². The zero-order valence-electron chi connectivity index (χ0n) is 7.36. The summed E-state index contributed by atoms with van der Waals surface area (Å²) in [5.41, 5.74) is 0. The van der Waals surface area contributed by atoms with Crippen molar-refractivity contribution in [3.8, 4) is 0 Å². The van der Waals surface area contributed by atoms with Gasteiger partial charge >= 0.3 is 0 Å². The Morgan fingerprint density at radius 2 is 2.18 bits per heavy atom. The maximum atomic E-state index is 10.9. The first kappa shape index (κ1) is 10.5. The third-order valence-electron chi connectivity index (χ3n) is 1.48. The molecule has 0 atom stereocenters. The van der Waals surface area contributed by atoms with E-state index in [0.29, 0.717) is 6.42 Å². The minimum Gasteiger partial charge on any atom is -0.356 e. The fourth-order valence-corrected chi connectivity index (χ4v) is 0.815. The van der Waals surface area contributed by atoms with Crippen LogP contribution in [0.3, 0.4) is 0 Å². The predicted octanol–water partition coefficient (Wildman–Crippen LogP) is 1.91. The van der Waals surface area contributed by atoms with Crippen LogP contribution in [0.4, 0.5) is 0 Å². The van der Waals surface area contributed by atoms with Crippen LogP contribution in [0, 0.1) is 6.92 Å². The van der Waals surface area contributed by atoms with Crippen molar-refractivity contribution in [2.45, 2.75) is 39.0 Å². The van der Waals surface area contributed by atoms with E-state index in [2.05, 4.69) is 19.2 Å². The lowest BCUT2D eigenvalue weighted by atomic mass is 10.2. The van der Waals surface area contributed by atoms with Gasteiger partial charge in [0, 0.05) is 13.0 Å². The molecule has 11 heavy (non-hydrogen) atoms. The van der Waals surface area contributed by atoms with Crippen LogP contribution in [0.15, 0.2) is 0 Å². The number of unbranched alkanes of at least 4 members (excludes halogenated alkanes) is 2. The van der Waals surface area contributed by atoms with E-state index in [-0.39, 0.29) is 5.91 Å². The van der Waals surface area contributed by atoms with Gasteiger partial charge in [-0.05, 0) is 12.8 Å². The summed E-state index contributed by atoms with van der Waals surface area (Å²) in [7, 11) is 0. The van der Waals surface area contributed by atoms with Gasteiger partial charge in [0.05, 0.1) is 0 Å². The third-order valence-corrected chi connectivity index (χ3v) is 1.48. The second-order valence-electron chi connectivity index (χ2n) is 2.66. The van der Waals surface area contributed by atoms with Crippen molar-refractivity contribution in [1.82, 2.24) is 5.32 Å². The minimum absolute atomic E-state index is 0.181. The molecule has 0 aliphatic carbocycles. The van der Waals surface area contributed by atoms with Crippen LogP contribution >= 0.6 is 0 Å².